The van der Waals surface area contributed by atoms with E-state index in [4.69, 9.17) is 0 Å². The Morgan fingerprint density at radius 2 is 2.05 bits per heavy atom. The van der Waals surface area contributed by atoms with Crippen molar-refractivity contribution in [2.45, 2.75) is 39.3 Å². The highest BCUT2D eigenvalue weighted by Crippen LogP contribution is 2.26. The van der Waals surface area contributed by atoms with Gasteiger partial charge in [0.1, 0.15) is 5.82 Å². The van der Waals surface area contributed by atoms with E-state index in [1.165, 1.54) is 6.07 Å². The molecule has 1 saturated heterocycles. The number of aliphatic hydroxyl groups excluding tert-OH is 1. The van der Waals surface area contributed by atoms with E-state index in [2.05, 4.69) is 24.1 Å². The zero-order chi connectivity index (χ0) is 14.5. The number of anilines is 1. The molecule has 0 radical (unpaired) electrons. The van der Waals surface area contributed by atoms with E-state index in [0.29, 0.717) is 12.5 Å². The van der Waals surface area contributed by atoms with Crippen LogP contribution in [0.2, 0.25) is 0 Å². The summed E-state index contributed by atoms with van der Waals surface area (Å²) >= 11 is 0. The number of halogens is 1. The number of nitrogens with one attached hydrogen (secondary N) is 1. The van der Waals surface area contributed by atoms with Crippen LogP contribution in [-0.4, -0.2) is 30.8 Å². The summed E-state index contributed by atoms with van der Waals surface area (Å²) in [5.74, 6) is 0.403. The van der Waals surface area contributed by atoms with Gasteiger partial charge in [-0.3, -0.25) is 0 Å². The smallest absolute Gasteiger partial charge is 0.129 e. The van der Waals surface area contributed by atoms with E-state index in [1.54, 1.807) is 6.07 Å². The van der Waals surface area contributed by atoms with Gasteiger partial charge in [-0.2, -0.15) is 0 Å². The van der Waals surface area contributed by atoms with Gasteiger partial charge in [0, 0.05) is 30.9 Å². The van der Waals surface area contributed by atoms with Gasteiger partial charge in [0.15, 0.2) is 0 Å². The molecule has 112 valence electrons. The Hall–Kier alpha value is -1.13. The van der Waals surface area contributed by atoms with Gasteiger partial charge in [-0.1, -0.05) is 19.9 Å². The van der Waals surface area contributed by atoms with Crippen LogP contribution in [0.5, 0.6) is 0 Å². The molecule has 3 nitrogen and oxygen atoms in total. The van der Waals surface area contributed by atoms with E-state index in [9.17, 15) is 9.50 Å². The van der Waals surface area contributed by atoms with Crippen molar-refractivity contribution in [3.8, 4) is 0 Å². The number of nitrogens with zero attached hydrogens (tertiary/aromatic N) is 1. The summed E-state index contributed by atoms with van der Waals surface area (Å²) in [7, 11) is 0. The van der Waals surface area contributed by atoms with E-state index >= 15 is 0 Å². The zero-order valence-corrected chi connectivity index (χ0v) is 12.4. The van der Waals surface area contributed by atoms with Gasteiger partial charge in [0.2, 0.25) is 0 Å². The first-order valence-corrected chi connectivity index (χ1v) is 7.49. The molecule has 2 rings (SSSR count). The standard InChI is InChI=1S/C16H25FN2O/c1-12(2)10-18-11-14-15(17)4-3-5-16(14)19-8-6-13(20)7-9-19/h3-5,12-13,18,20H,6-11H2,1-2H3. The molecule has 4 heteroatoms. The second kappa shape index (κ2) is 7.04. The molecule has 1 fully saturated rings. The van der Waals surface area contributed by atoms with Crippen molar-refractivity contribution in [3.63, 3.8) is 0 Å². The molecule has 20 heavy (non-hydrogen) atoms. The van der Waals surface area contributed by atoms with Crippen LogP contribution < -0.4 is 10.2 Å². The van der Waals surface area contributed by atoms with E-state index in [-0.39, 0.29) is 11.9 Å². The molecule has 0 aliphatic carbocycles. The molecule has 2 N–H and O–H groups in total. The molecule has 0 spiro atoms. The topological polar surface area (TPSA) is 35.5 Å². The summed E-state index contributed by atoms with van der Waals surface area (Å²) < 4.78 is 14.1. The average molecular weight is 280 g/mol. The quantitative estimate of drug-likeness (QED) is 0.870. The molecule has 0 unspecified atom stereocenters. The number of piperidine rings is 1. The number of aliphatic hydroxyl groups is 1. The molecule has 0 amide bonds. The minimum atomic E-state index is -0.206. The van der Waals surface area contributed by atoms with Gasteiger partial charge in [-0.25, -0.2) is 4.39 Å². The summed E-state index contributed by atoms with van der Waals surface area (Å²) in [6.07, 6.45) is 1.31. The number of hydrogen-bond acceptors (Lipinski definition) is 3. The molecule has 1 heterocycles. The van der Waals surface area contributed by atoms with Crippen molar-refractivity contribution in [1.29, 1.82) is 0 Å². The third-order valence-corrected chi connectivity index (χ3v) is 3.75. The Bertz CT molecular complexity index is 428. The second-order valence-electron chi connectivity index (χ2n) is 5.98. The van der Waals surface area contributed by atoms with Crippen molar-refractivity contribution < 1.29 is 9.50 Å². The number of hydrogen-bond donors (Lipinski definition) is 2. The largest absolute Gasteiger partial charge is 0.393 e. The van der Waals surface area contributed by atoms with Crippen molar-refractivity contribution in [1.82, 2.24) is 5.32 Å². The highest BCUT2D eigenvalue weighted by Gasteiger charge is 2.20. The first-order chi connectivity index (χ1) is 9.58. The van der Waals surface area contributed by atoms with Crippen LogP contribution in [0.1, 0.15) is 32.3 Å². The fourth-order valence-corrected chi connectivity index (χ4v) is 2.61. The fraction of sp³-hybridized carbons (Fsp3) is 0.625. The highest BCUT2D eigenvalue weighted by molar-refractivity contribution is 5.54. The van der Waals surface area contributed by atoms with Crippen LogP contribution in [0.25, 0.3) is 0 Å². The van der Waals surface area contributed by atoms with E-state index in [1.807, 2.05) is 6.07 Å². The SMILES string of the molecule is CC(C)CNCc1c(F)cccc1N1CCC(O)CC1. The van der Waals surface area contributed by atoms with Crippen LogP contribution in [-0.2, 0) is 6.54 Å². The number of benzene rings is 1. The summed E-state index contributed by atoms with van der Waals surface area (Å²) in [6.45, 7) is 7.30. The van der Waals surface area contributed by atoms with Crippen molar-refractivity contribution in [2.24, 2.45) is 5.92 Å². The minimum absolute atomic E-state index is 0.148. The molecule has 1 aliphatic rings. The van der Waals surface area contributed by atoms with Crippen LogP contribution in [0, 0.1) is 11.7 Å². The zero-order valence-electron chi connectivity index (χ0n) is 12.4. The van der Waals surface area contributed by atoms with E-state index < -0.39 is 0 Å². The normalized spacial score (nSPS) is 16.9. The molecular formula is C16H25FN2O. The van der Waals surface area contributed by atoms with Gasteiger partial charge >= 0.3 is 0 Å². The van der Waals surface area contributed by atoms with Crippen molar-refractivity contribution >= 4 is 5.69 Å². The maximum Gasteiger partial charge on any atom is 0.129 e. The van der Waals surface area contributed by atoms with Gasteiger partial charge < -0.3 is 15.3 Å². The summed E-state index contributed by atoms with van der Waals surface area (Å²) in [4.78, 5) is 2.18. The molecule has 0 bridgehead atoms. The summed E-state index contributed by atoms with van der Waals surface area (Å²) in [6, 6.07) is 5.27. The van der Waals surface area contributed by atoms with Gasteiger partial charge in [-0.05, 0) is 37.4 Å². The van der Waals surface area contributed by atoms with E-state index in [0.717, 1.165) is 43.7 Å². The Kier molecular flexibility index (Phi) is 5.38. The lowest BCUT2D eigenvalue weighted by Gasteiger charge is -2.33. The van der Waals surface area contributed by atoms with Crippen LogP contribution in [0.3, 0.4) is 0 Å². The van der Waals surface area contributed by atoms with Crippen molar-refractivity contribution in [3.05, 3.63) is 29.6 Å². The predicted octanol–water partition coefficient (Wildman–Crippen LogP) is 2.53. The fourth-order valence-electron chi connectivity index (χ4n) is 2.61. The Morgan fingerprint density at radius 1 is 1.35 bits per heavy atom. The molecule has 1 aromatic rings. The number of rotatable bonds is 5. The minimum Gasteiger partial charge on any atom is -0.393 e. The summed E-state index contributed by atoms with van der Waals surface area (Å²) in [5.41, 5.74) is 1.71. The predicted molar refractivity (Wildman–Crippen MR) is 80.4 cm³/mol. The Balaban J connectivity index is 2.09. The lowest BCUT2D eigenvalue weighted by atomic mass is 10.0. The molecule has 0 saturated carbocycles. The third kappa shape index (κ3) is 3.93. The molecule has 1 aliphatic heterocycles. The molecule has 0 atom stereocenters. The Morgan fingerprint density at radius 3 is 2.70 bits per heavy atom. The molecule has 0 aromatic heterocycles. The summed E-state index contributed by atoms with van der Waals surface area (Å²) in [5, 5.41) is 12.9. The van der Waals surface area contributed by atoms with Gasteiger partial charge in [-0.15, -0.1) is 0 Å². The van der Waals surface area contributed by atoms with Crippen LogP contribution in [0.15, 0.2) is 18.2 Å². The first kappa shape index (κ1) is 15.3. The third-order valence-electron chi connectivity index (χ3n) is 3.75. The average Bonchev–Trinajstić information content (AvgIpc) is 2.41. The van der Waals surface area contributed by atoms with Crippen LogP contribution >= 0.6 is 0 Å². The maximum atomic E-state index is 14.1. The lowest BCUT2D eigenvalue weighted by molar-refractivity contribution is 0.145. The van der Waals surface area contributed by atoms with Gasteiger partial charge in [0.25, 0.3) is 0 Å². The molecular weight excluding hydrogens is 255 g/mol. The highest BCUT2D eigenvalue weighted by atomic mass is 19.1. The lowest BCUT2D eigenvalue weighted by Crippen LogP contribution is -2.36. The molecule has 1 aromatic carbocycles. The Labute approximate surface area is 120 Å². The van der Waals surface area contributed by atoms with Gasteiger partial charge in [0.05, 0.1) is 6.10 Å². The monoisotopic (exact) mass is 280 g/mol. The maximum absolute atomic E-state index is 14.1. The van der Waals surface area contributed by atoms with Crippen LogP contribution in [0.4, 0.5) is 10.1 Å². The van der Waals surface area contributed by atoms with Crippen molar-refractivity contribution in [2.75, 3.05) is 24.5 Å². The second-order valence-corrected chi connectivity index (χ2v) is 5.98. The first-order valence-electron chi connectivity index (χ1n) is 7.49.